The van der Waals surface area contributed by atoms with E-state index in [1.807, 2.05) is 5.32 Å². The van der Waals surface area contributed by atoms with E-state index in [2.05, 4.69) is 14.8 Å². The number of amides is 3. The van der Waals surface area contributed by atoms with E-state index in [-0.39, 0.29) is 6.54 Å². The van der Waals surface area contributed by atoms with E-state index in [9.17, 15) is 19.2 Å². The molecule has 0 bridgehead atoms. The van der Waals surface area contributed by atoms with Gasteiger partial charge in [0.05, 0.1) is 14.2 Å². The maximum absolute atomic E-state index is 11.0. The van der Waals surface area contributed by atoms with Gasteiger partial charge < -0.3 is 14.8 Å². The molecule has 3 amide bonds. The third-order valence-corrected chi connectivity index (χ3v) is 1.43. The van der Waals surface area contributed by atoms with E-state index in [4.69, 9.17) is 0 Å². The Hall–Kier alpha value is -2.38. The predicted molar refractivity (Wildman–Crippen MR) is 54.7 cm³/mol. The molecule has 0 aromatic carbocycles. The number of ether oxygens (including phenoxy) is 2. The van der Waals surface area contributed by atoms with Crippen LogP contribution >= 0.6 is 0 Å². The summed E-state index contributed by atoms with van der Waals surface area (Å²) >= 11 is 0. The van der Waals surface area contributed by atoms with Gasteiger partial charge in [-0.15, -0.1) is 0 Å². The lowest BCUT2D eigenvalue weighted by Crippen LogP contribution is -2.41. The first kappa shape index (κ1) is 14.6. The molecule has 94 valence electrons. The molecule has 0 aromatic heterocycles. The first-order chi connectivity index (χ1) is 7.99. The van der Waals surface area contributed by atoms with Gasteiger partial charge in [0, 0.05) is 12.2 Å². The Morgan fingerprint density at radius 3 is 2.24 bits per heavy atom. The molecule has 17 heavy (non-hydrogen) atoms. The SMILES string of the molecule is COC(=O)/C=C/C(=O)NC(=O)NCC(=O)OC. The van der Waals surface area contributed by atoms with Crippen molar-refractivity contribution in [3.05, 3.63) is 12.2 Å². The van der Waals surface area contributed by atoms with Crippen LogP contribution in [0.15, 0.2) is 12.2 Å². The molecular formula is C9H12N2O6. The fourth-order valence-corrected chi connectivity index (χ4v) is 0.634. The molecule has 0 heterocycles. The van der Waals surface area contributed by atoms with Crippen molar-refractivity contribution >= 4 is 23.9 Å². The van der Waals surface area contributed by atoms with E-state index < -0.39 is 23.9 Å². The lowest BCUT2D eigenvalue weighted by molar-refractivity contribution is -0.139. The molecule has 0 radical (unpaired) electrons. The van der Waals surface area contributed by atoms with Crippen LogP contribution in [0.1, 0.15) is 0 Å². The second-order valence-corrected chi connectivity index (χ2v) is 2.60. The Kier molecular flexibility index (Phi) is 6.75. The number of carbonyl (C=O) groups is 4. The second kappa shape index (κ2) is 7.85. The van der Waals surface area contributed by atoms with Gasteiger partial charge in [0.15, 0.2) is 0 Å². The summed E-state index contributed by atoms with van der Waals surface area (Å²) in [5.74, 6) is -2.20. The molecule has 0 aliphatic rings. The molecule has 0 unspecified atom stereocenters. The smallest absolute Gasteiger partial charge is 0.330 e. The lowest BCUT2D eigenvalue weighted by atomic mass is 10.4. The molecule has 2 N–H and O–H groups in total. The van der Waals surface area contributed by atoms with E-state index in [1.54, 1.807) is 0 Å². The molecule has 0 aromatic rings. The van der Waals surface area contributed by atoms with Crippen LogP contribution < -0.4 is 10.6 Å². The van der Waals surface area contributed by atoms with Gasteiger partial charge in [-0.2, -0.15) is 0 Å². The summed E-state index contributed by atoms with van der Waals surface area (Å²) in [6.45, 7) is -0.365. The van der Waals surface area contributed by atoms with E-state index in [0.29, 0.717) is 0 Å². The minimum absolute atomic E-state index is 0.365. The number of nitrogens with one attached hydrogen (secondary N) is 2. The van der Waals surface area contributed by atoms with Crippen molar-refractivity contribution in [2.75, 3.05) is 20.8 Å². The fourth-order valence-electron chi connectivity index (χ4n) is 0.634. The third-order valence-electron chi connectivity index (χ3n) is 1.43. The van der Waals surface area contributed by atoms with Crippen molar-refractivity contribution in [1.82, 2.24) is 10.6 Å². The van der Waals surface area contributed by atoms with Crippen LogP contribution in [0.2, 0.25) is 0 Å². The van der Waals surface area contributed by atoms with Crippen LogP contribution in [0.25, 0.3) is 0 Å². The Balaban J connectivity index is 3.96. The topological polar surface area (TPSA) is 111 Å². The molecular weight excluding hydrogens is 232 g/mol. The van der Waals surface area contributed by atoms with Gasteiger partial charge in [-0.3, -0.25) is 14.9 Å². The Labute approximate surface area is 96.9 Å². The highest BCUT2D eigenvalue weighted by molar-refractivity contribution is 6.03. The van der Waals surface area contributed by atoms with E-state index in [1.165, 1.54) is 0 Å². The zero-order valence-electron chi connectivity index (χ0n) is 9.31. The number of rotatable bonds is 4. The average Bonchev–Trinajstić information content (AvgIpc) is 2.32. The second-order valence-electron chi connectivity index (χ2n) is 2.60. The van der Waals surface area contributed by atoms with E-state index in [0.717, 1.165) is 26.4 Å². The number of methoxy groups -OCH3 is 2. The van der Waals surface area contributed by atoms with Gasteiger partial charge >= 0.3 is 18.0 Å². The first-order valence-electron chi connectivity index (χ1n) is 4.41. The Morgan fingerprint density at radius 1 is 1.06 bits per heavy atom. The minimum atomic E-state index is -0.880. The molecule has 0 fully saturated rings. The maximum Gasteiger partial charge on any atom is 0.330 e. The molecule has 8 heteroatoms. The highest BCUT2D eigenvalue weighted by Crippen LogP contribution is 1.79. The van der Waals surface area contributed by atoms with Crippen molar-refractivity contribution in [2.24, 2.45) is 0 Å². The van der Waals surface area contributed by atoms with Crippen molar-refractivity contribution in [3.8, 4) is 0 Å². The molecule has 0 aliphatic carbocycles. The largest absolute Gasteiger partial charge is 0.468 e. The summed E-state index contributed by atoms with van der Waals surface area (Å²) in [5.41, 5.74) is 0. The van der Waals surface area contributed by atoms with Crippen LogP contribution in [-0.4, -0.2) is 44.6 Å². The van der Waals surface area contributed by atoms with Crippen LogP contribution in [0.3, 0.4) is 0 Å². The quantitative estimate of drug-likeness (QED) is 0.470. The molecule has 0 rings (SSSR count). The average molecular weight is 244 g/mol. The number of hydrogen-bond donors (Lipinski definition) is 2. The van der Waals surface area contributed by atoms with E-state index >= 15 is 0 Å². The van der Waals surface area contributed by atoms with Gasteiger partial charge in [-0.1, -0.05) is 0 Å². The van der Waals surface area contributed by atoms with Crippen molar-refractivity contribution in [2.45, 2.75) is 0 Å². The van der Waals surface area contributed by atoms with Gasteiger partial charge in [0.2, 0.25) is 0 Å². The summed E-state index contributed by atoms with van der Waals surface area (Å²) in [7, 11) is 2.31. The van der Waals surface area contributed by atoms with Gasteiger partial charge in [0.1, 0.15) is 6.54 Å². The fraction of sp³-hybridized carbons (Fsp3) is 0.333. The lowest BCUT2D eigenvalue weighted by Gasteiger charge is -2.03. The number of hydrogen-bond acceptors (Lipinski definition) is 6. The molecule has 0 aliphatic heterocycles. The van der Waals surface area contributed by atoms with Crippen LogP contribution in [0.4, 0.5) is 4.79 Å². The van der Waals surface area contributed by atoms with Gasteiger partial charge in [0.25, 0.3) is 5.91 Å². The zero-order valence-corrected chi connectivity index (χ0v) is 9.31. The molecule has 0 atom stereocenters. The number of esters is 2. The number of imide groups is 1. The van der Waals surface area contributed by atoms with Crippen LogP contribution in [0.5, 0.6) is 0 Å². The normalized spacial score (nSPS) is 9.53. The highest BCUT2D eigenvalue weighted by Gasteiger charge is 2.07. The Bertz CT molecular complexity index is 349. The summed E-state index contributed by atoms with van der Waals surface area (Å²) in [6.07, 6.45) is 1.67. The molecule has 0 spiro atoms. The highest BCUT2D eigenvalue weighted by atomic mass is 16.5. The third kappa shape index (κ3) is 7.54. The Morgan fingerprint density at radius 2 is 1.71 bits per heavy atom. The molecule has 8 nitrogen and oxygen atoms in total. The predicted octanol–water partition coefficient (Wildman–Crippen LogP) is -1.29. The first-order valence-corrected chi connectivity index (χ1v) is 4.41. The van der Waals surface area contributed by atoms with Crippen molar-refractivity contribution < 1.29 is 28.7 Å². The maximum atomic E-state index is 11.0. The van der Waals surface area contributed by atoms with Crippen LogP contribution in [-0.2, 0) is 23.9 Å². The molecule has 0 saturated carbocycles. The minimum Gasteiger partial charge on any atom is -0.468 e. The standard InChI is InChI=1S/C9H12N2O6/c1-16-7(13)4-3-6(12)11-9(15)10-5-8(14)17-2/h3-4H,5H2,1-2H3,(H2,10,11,12,15)/b4-3+. The summed E-state index contributed by atoms with van der Waals surface area (Å²) in [4.78, 5) is 43.2. The summed E-state index contributed by atoms with van der Waals surface area (Å²) in [5, 5.41) is 3.92. The van der Waals surface area contributed by atoms with Crippen molar-refractivity contribution in [1.29, 1.82) is 0 Å². The number of urea groups is 1. The molecule has 0 saturated heterocycles. The summed E-state index contributed by atoms with van der Waals surface area (Å²) < 4.78 is 8.49. The van der Waals surface area contributed by atoms with Gasteiger partial charge in [-0.25, -0.2) is 9.59 Å². The van der Waals surface area contributed by atoms with Crippen molar-refractivity contribution in [3.63, 3.8) is 0 Å². The number of carbonyl (C=O) groups excluding carboxylic acids is 4. The zero-order chi connectivity index (χ0) is 13.3. The monoisotopic (exact) mass is 244 g/mol. The van der Waals surface area contributed by atoms with Gasteiger partial charge in [-0.05, 0) is 0 Å². The summed E-state index contributed by atoms with van der Waals surface area (Å²) in [6, 6.07) is -0.880. The van der Waals surface area contributed by atoms with Crippen LogP contribution in [0, 0.1) is 0 Å².